The SMILES string of the molecule is CCN(CC1CCC1)C(C)C(C)CNC(C)C. The summed E-state index contributed by atoms with van der Waals surface area (Å²) in [6, 6.07) is 1.30. The molecular formula is C15H32N2. The number of hydrogen-bond donors (Lipinski definition) is 1. The van der Waals surface area contributed by atoms with Gasteiger partial charge >= 0.3 is 0 Å². The lowest BCUT2D eigenvalue weighted by Crippen LogP contribution is -2.45. The molecule has 1 aliphatic carbocycles. The Morgan fingerprint density at radius 2 is 1.82 bits per heavy atom. The van der Waals surface area contributed by atoms with Crippen LogP contribution in [0.15, 0.2) is 0 Å². The van der Waals surface area contributed by atoms with Crippen molar-refractivity contribution in [3.63, 3.8) is 0 Å². The van der Waals surface area contributed by atoms with Crippen LogP contribution in [-0.4, -0.2) is 36.6 Å². The standard InChI is InChI=1S/C15H32N2/c1-6-17(11-15-8-7-9-15)14(5)13(4)10-16-12(2)3/h12-16H,6-11H2,1-5H3. The van der Waals surface area contributed by atoms with E-state index in [1.807, 2.05) is 0 Å². The number of hydrogen-bond acceptors (Lipinski definition) is 2. The Morgan fingerprint density at radius 1 is 1.18 bits per heavy atom. The molecule has 17 heavy (non-hydrogen) atoms. The number of nitrogens with zero attached hydrogens (tertiary/aromatic N) is 1. The van der Waals surface area contributed by atoms with Crippen LogP contribution in [0.4, 0.5) is 0 Å². The van der Waals surface area contributed by atoms with Crippen molar-refractivity contribution in [3.8, 4) is 0 Å². The van der Waals surface area contributed by atoms with E-state index >= 15 is 0 Å². The maximum absolute atomic E-state index is 3.56. The van der Waals surface area contributed by atoms with Crippen molar-refractivity contribution in [1.82, 2.24) is 10.2 Å². The monoisotopic (exact) mass is 240 g/mol. The van der Waals surface area contributed by atoms with Crippen LogP contribution in [0.5, 0.6) is 0 Å². The van der Waals surface area contributed by atoms with Crippen molar-refractivity contribution in [2.24, 2.45) is 11.8 Å². The highest BCUT2D eigenvalue weighted by atomic mass is 15.2. The van der Waals surface area contributed by atoms with Crippen LogP contribution in [0.1, 0.15) is 53.9 Å². The van der Waals surface area contributed by atoms with Gasteiger partial charge in [-0.3, -0.25) is 0 Å². The third-order valence-corrected chi connectivity index (χ3v) is 4.37. The third-order valence-electron chi connectivity index (χ3n) is 4.37. The lowest BCUT2D eigenvalue weighted by atomic mass is 9.84. The molecule has 0 saturated heterocycles. The molecule has 0 aromatic rings. The lowest BCUT2D eigenvalue weighted by molar-refractivity contribution is 0.115. The van der Waals surface area contributed by atoms with Gasteiger partial charge in [0.25, 0.3) is 0 Å². The first-order valence-electron chi connectivity index (χ1n) is 7.52. The Morgan fingerprint density at radius 3 is 2.24 bits per heavy atom. The quantitative estimate of drug-likeness (QED) is 0.701. The molecule has 2 heteroatoms. The number of rotatable bonds is 8. The minimum Gasteiger partial charge on any atom is -0.314 e. The van der Waals surface area contributed by atoms with Gasteiger partial charge in [-0.2, -0.15) is 0 Å². The van der Waals surface area contributed by atoms with Crippen molar-refractivity contribution in [3.05, 3.63) is 0 Å². The smallest absolute Gasteiger partial charge is 0.0105 e. The van der Waals surface area contributed by atoms with Gasteiger partial charge in [-0.1, -0.05) is 34.1 Å². The highest BCUT2D eigenvalue weighted by Gasteiger charge is 2.25. The van der Waals surface area contributed by atoms with Crippen LogP contribution in [0.25, 0.3) is 0 Å². The summed E-state index contributed by atoms with van der Waals surface area (Å²) in [5.41, 5.74) is 0. The molecule has 0 bridgehead atoms. The largest absolute Gasteiger partial charge is 0.314 e. The van der Waals surface area contributed by atoms with Gasteiger partial charge in [0, 0.05) is 18.6 Å². The topological polar surface area (TPSA) is 15.3 Å². The minimum absolute atomic E-state index is 0.603. The molecule has 0 radical (unpaired) electrons. The molecule has 1 fully saturated rings. The van der Waals surface area contributed by atoms with Gasteiger partial charge in [0.1, 0.15) is 0 Å². The summed E-state index contributed by atoms with van der Waals surface area (Å²) in [4.78, 5) is 2.68. The minimum atomic E-state index is 0.603. The molecule has 102 valence electrons. The van der Waals surface area contributed by atoms with Gasteiger partial charge in [-0.25, -0.2) is 0 Å². The van der Waals surface area contributed by atoms with Crippen molar-refractivity contribution < 1.29 is 0 Å². The molecule has 1 aliphatic rings. The fourth-order valence-electron chi connectivity index (χ4n) is 2.54. The van der Waals surface area contributed by atoms with Gasteiger partial charge in [0.2, 0.25) is 0 Å². The zero-order valence-electron chi connectivity index (χ0n) is 12.5. The van der Waals surface area contributed by atoms with Crippen LogP contribution in [-0.2, 0) is 0 Å². The van der Waals surface area contributed by atoms with Crippen LogP contribution in [0.2, 0.25) is 0 Å². The molecule has 0 aromatic heterocycles. The Kier molecular flexibility index (Phi) is 6.50. The molecule has 0 spiro atoms. The van der Waals surface area contributed by atoms with E-state index in [1.165, 1.54) is 32.4 Å². The normalized spacial score (nSPS) is 20.6. The number of nitrogens with one attached hydrogen (secondary N) is 1. The Balaban J connectivity index is 2.32. The first-order valence-corrected chi connectivity index (χ1v) is 7.52. The zero-order chi connectivity index (χ0) is 12.8. The second kappa shape index (κ2) is 7.38. The lowest BCUT2D eigenvalue weighted by Gasteiger charge is -2.38. The van der Waals surface area contributed by atoms with E-state index < -0.39 is 0 Å². The molecule has 2 atom stereocenters. The molecule has 0 heterocycles. The highest BCUT2D eigenvalue weighted by Crippen LogP contribution is 2.28. The Hall–Kier alpha value is -0.0800. The van der Waals surface area contributed by atoms with Gasteiger partial charge < -0.3 is 10.2 Å². The van der Waals surface area contributed by atoms with E-state index in [4.69, 9.17) is 0 Å². The molecule has 1 rings (SSSR count). The first kappa shape index (κ1) is 15.0. The van der Waals surface area contributed by atoms with Crippen molar-refractivity contribution in [1.29, 1.82) is 0 Å². The van der Waals surface area contributed by atoms with Gasteiger partial charge in [-0.05, 0) is 44.7 Å². The average Bonchev–Trinajstić information content (AvgIpc) is 2.24. The van der Waals surface area contributed by atoms with Crippen LogP contribution < -0.4 is 5.32 Å². The van der Waals surface area contributed by atoms with Crippen LogP contribution in [0, 0.1) is 11.8 Å². The van der Waals surface area contributed by atoms with Gasteiger partial charge in [-0.15, -0.1) is 0 Å². The predicted molar refractivity (Wildman–Crippen MR) is 76.4 cm³/mol. The molecule has 0 aliphatic heterocycles. The van der Waals surface area contributed by atoms with Crippen molar-refractivity contribution in [2.75, 3.05) is 19.6 Å². The summed E-state index contributed by atoms with van der Waals surface area (Å²) >= 11 is 0. The van der Waals surface area contributed by atoms with E-state index in [2.05, 4.69) is 44.8 Å². The molecule has 0 aromatic carbocycles. The first-order chi connectivity index (χ1) is 8.04. The second-order valence-electron chi connectivity index (χ2n) is 6.17. The summed E-state index contributed by atoms with van der Waals surface area (Å²) < 4.78 is 0. The fourth-order valence-corrected chi connectivity index (χ4v) is 2.54. The molecule has 1 N–H and O–H groups in total. The van der Waals surface area contributed by atoms with E-state index in [9.17, 15) is 0 Å². The summed E-state index contributed by atoms with van der Waals surface area (Å²) in [6.07, 6.45) is 4.38. The van der Waals surface area contributed by atoms with E-state index in [1.54, 1.807) is 0 Å². The molecular weight excluding hydrogens is 208 g/mol. The average molecular weight is 240 g/mol. The Labute approximate surface area is 108 Å². The van der Waals surface area contributed by atoms with Crippen LogP contribution in [0.3, 0.4) is 0 Å². The van der Waals surface area contributed by atoms with E-state index in [0.29, 0.717) is 12.1 Å². The zero-order valence-corrected chi connectivity index (χ0v) is 12.5. The second-order valence-corrected chi connectivity index (χ2v) is 6.17. The summed E-state index contributed by atoms with van der Waals surface area (Å²) in [6.45, 7) is 15.2. The maximum Gasteiger partial charge on any atom is 0.0105 e. The van der Waals surface area contributed by atoms with Gasteiger partial charge in [0.15, 0.2) is 0 Å². The summed E-state index contributed by atoms with van der Waals surface area (Å²) in [5.74, 6) is 1.72. The molecule has 1 saturated carbocycles. The predicted octanol–water partition coefficient (Wildman–Crippen LogP) is 3.13. The molecule has 0 amide bonds. The van der Waals surface area contributed by atoms with Crippen molar-refractivity contribution in [2.45, 2.75) is 66.0 Å². The third kappa shape index (κ3) is 4.97. The highest BCUT2D eigenvalue weighted by molar-refractivity contribution is 4.79. The van der Waals surface area contributed by atoms with Gasteiger partial charge in [0.05, 0.1) is 0 Å². The molecule has 2 nitrogen and oxygen atoms in total. The van der Waals surface area contributed by atoms with Crippen LogP contribution >= 0.6 is 0 Å². The van der Waals surface area contributed by atoms with Crippen molar-refractivity contribution >= 4 is 0 Å². The molecule has 2 unspecified atom stereocenters. The maximum atomic E-state index is 3.56. The van der Waals surface area contributed by atoms with E-state index in [0.717, 1.165) is 18.4 Å². The van der Waals surface area contributed by atoms with E-state index in [-0.39, 0.29) is 0 Å². The fraction of sp³-hybridized carbons (Fsp3) is 1.00. The summed E-state index contributed by atoms with van der Waals surface area (Å²) in [5, 5.41) is 3.56. The Bertz CT molecular complexity index is 199. The summed E-state index contributed by atoms with van der Waals surface area (Å²) in [7, 11) is 0.